The van der Waals surface area contributed by atoms with E-state index in [1.807, 2.05) is 12.1 Å². The standard InChI is InChI=1S/C19H29NO/c1-20(2)13-12-19-11-5-4-6-16(19)9-7-15-8-10-17(21-3)14-18(15)19/h8,10,14,16H,4-7,9,11-13H2,1-3H3/t16?,19-/m0/s1/i3D3. The lowest BCUT2D eigenvalue weighted by atomic mass is 9.56. The molecular weight excluding hydrogens is 258 g/mol. The van der Waals surface area contributed by atoms with E-state index >= 15 is 0 Å². The number of hydrogen-bond donors (Lipinski definition) is 0. The largest absolute Gasteiger partial charge is 0.497 e. The molecule has 0 amide bonds. The average molecular weight is 290 g/mol. The van der Waals surface area contributed by atoms with E-state index in [2.05, 4.69) is 25.1 Å². The summed E-state index contributed by atoms with van der Waals surface area (Å²) in [6.07, 6.45) is 8.64. The molecule has 116 valence electrons. The molecule has 2 atom stereocenters. The van der Waals surface area contributed by atoms with E-state index in [0.717, 1.165) is 25.3 Å². The third-order valence-electron chi connectivity index (χ3n) is 5.71. The van der Waals surface area contributed by atoms with Gasteiger partial charge in [0.2, 0.25) is 0 Å². The molecular formula is C19H29NO. The number of ether oxygens (including phenoxy) is 1. The summed E-state index contributed by atoms with van der Waals surface area (Å²) < 4.78 is 27.4. The van der Waals surface area contributed by atoms with E-state index in [4.69, 9.17) is 8.85 Å². The van der Waals surface area contributed by atoms with E-state index in [-0.39, 0.29) is 5.41 Å². The Hall–Kier alpha value is -1.02. The lowest BCUT2D eigenvalue weighted by Gasteiger charge is -2.49. The highest BCUT2D eigenvalue weighted by molar-refractivity contribution is 5.43. The average Bonchev–Trinajstić information content (AvgIpc) is 2.51. The Labute approximate surface area is 133 Å². The van der Waals surface area contributed by atoms with Gasteiger partial charge in [-0.05, 0) is 87.3 Å². The molecule has 1 saturated carbocycles. The summed E-state index contributed by atoms with van der Waals surface area (Å²) in [7, 11) is 1.88. The van der Waals surface area contributed by atoms with Gasteiger partial charge in [-0.2, -0.15) is 0 Å². The second-order valence-electron chi connectivity index (χ2n) is 7.11. The molecule has 3 rings (SSSR count). The second-order valence-corrected chi connectivity index (χ2v) is 7.11. The molecule has 0 radical (unpaired) electrons. The van der Waals surface area contributed by atoms with Crippen molar-refractivity contribution in [1.82, 2.24) is 4.90 Å². The smallest absolute Gasteiger partial charge is 0.119 e. The van der Waals surface area contributed by atoms with Crippen LogP contribution in [0.4, 0.5) is 0 Å². The predicted octanol–water partition coefficient (Wildman–Crippen LogP) is 4.02. The number of nitrogens with zero attached hydrogens (tertiary/aromatic N) is 1. The summed E-state index contributed by atoms with van der Waals surface area (Å²) in [5, 5.41) is 0. The molecule has 0 aliphatic heterocycles. The predicted molar refractivity (Wildman–Crippen MR) is 88.1 cm³/mol. The Morgan fingerprint density at radius 3 is 3.05 bits per heavy atom. The van der Waals surface area contributed by atoms with Gasteiger partial charge in [-0.1, -0.05) is 18.9 Å². The lowest BCUT2D eigenvalue weighted by molar-refractivity contribution is 0.135. The molecule has 1 aromatic carbocycles. The van der Waals surface area contributed by atoms with Crippen LogP contribution in [0, 0.1) is 5.92 Å². The number of benzene rings is 1. The van der Waals surface area contributed by atoms with Gasteiger partial charge in [0.15, 0.2) is 0 Å². The van der Waals surface area contributed by atoms with Crippen molar-refractivity contribution in [3.05, 3.63) is 29.3 Å². The zero-order valence-electron chi connectivity index (χ0n) is 16.3. The highest BCUT2D eigenvalue weighted by Gasteiger charge is 2.45. The van der Waals surface area contributed by atoms with Crippen LogP contribution in [-0.4, -0.2) is 32.6 Å². The summed E-state index contributed by atoms with van der Waals surface area (Å²) in [4.78, 5) is 2.26. The van der Waals surface area contributed by atoms with Gasteiger partial charge in [-0.3, -0.25) is 0 Å². The van der Waals surface area contributed by atoms with Crippen molar-refractivity contribution in [2.24, 2.45) is 5.92 Å². The summed E-state index contributed by atoms with van der Waals surface area (Å²) in [6, 6.07) is 5.96. The molecule has 0 N–H and O–H groups in total. The molecule has 2 aliphatic carbocycles. The van der Waals surface area contributed by atoms with Crippen LogP contribution >= 0.6 is 0 Å². The van der Waals surface area contributed by atoms with Crippen molar-refractivity contribution in [1.29, 1.82) is 0 Å². The fraction of sp³-hybridized carbons (Fsp3) is 0.684. The maximum absolute atomic E-state index is 7.38. The number of hydrogen-bond acceptors (Lipinski definition) is 2. The Bertz CT molecular complexity index is 584. The fourth-order valence-corrected chi connectivity index (χ4v) is 4.60. The Balaban J connectivity index is 1.99. The molecule has 1 fully saturated rings. The van der Waals surface area contributed by atoms with Crippen LogP contribution in [0.25, 0.3) is 0 Å². The second kappa shape index (κ2) is 6.00. The van der Waals surface area contributed by atoms with Crippen molar-refractivity contribution < 1.29 is 8.85 Å². The van der Waals surface area contributed by atoms with Crippen molar-refractivity contribution in [2.45, 2.75) is 50.4 Å². The highest BCUT2D eigenvalue weighted by Crippen LogP contribution is 2.52. The summed E-state index contributed by atoms with van der Waals surface area (Å²) >= 11 is 0. The van der Waals surface area contributed by atoms with Crippen LogP contribution in [0.2, 0.25) is 0 Å². The number of fused-ring (bicyclic) bond motifs is 3. The lowest BCUT2D eigenvalue weighted by Crippen LogP contribution is -2.43. The monoisotopic (exact) mass is 290 g/mol. The molecule has 1 unspecified atom stereocenters. The maximum atomic E-state index is 7.38. The molecule has 0 aromatic heterocycles. The van der Waals surface area contributed by atoms with Gasteiger partial charge in [0.05, 0.1) is 11.2 Å². The Morgan fingerprint density at radius 1 is 1.33 bits per heavy atom. The van der Waals surface area contributed by atoms with Crippen molar-refractivity contribution in [2.75, 3.05) is 27.7 Å². The molecule has 0 heterocycles. The van der Waals surface area contributed by atoms with E-state index in [1.54, 1.807) is 0 Å². The number of rotatable bonds is 4. The van der Waals surface area contributed by atoms with E-state index in [9.17, 15) is 0 Å². The minimum atomic E-state index is -2.38. The van der Waals surface area contributed by atoms with E-state index in [0.29, 0.717) is 5.75 Å². The molecule has 2 aliphatic rings. The number of aryl methyl sites for hydroxylation is 1. The van der Waals surface area contributed by atoms with Crippen LogP contribution in [0.5, 0.6) is 5.75 Å². The van der Waals surface area contributed by atoms with Crippen LogP contribution < -0.4 is 4.74 Å². The van der Waals surface area contributed by atoms with E-state index < -0.39 is 7.04 Å². The summed E-state index contributed by atoms with van der Waals surface area (Å²) in [5.74, 6) is 1.21. The molecule has 2 nitrogen and oxygen atoms in total. The molecule has 0 spiro atoms. The van der Waals surface area contributed by atoms with Crippen LogP contribution in [0.15, 0.2) is 18.2 Å². The van der Waals surface area contributed by atoms with Gasteiger partial charge in [0, 0.05) is 0 Å². The molecule has 21 heavy (non-hydrogen) atoms. The molecule has 2 heteroatoms. The maximum Gasteiger partial charge on any atom is 0.119 e. The van der Waals surface area contributed by atoms with Crippen LogP contribution in [0.1, 0.15) is 53.8 Å². The summed E-state index contributed by atoms with van der Waals surface area (Å²) in [6.45, 7) is 1.07. The van der Waals surface area contributed by atoms with Gasteiger partial charge < -0.3 is 9.64 Å². The van der Waals surface area contributed by atoms with Crippen molar-refractivity contribution >= 4 is 0 Å². The van der Waals surface area contributed by atoms with Crippen molar-refractivity contribution in [3.63, 3.8) is 0 Å². The first-order valence-electron chi connectivity index (χ1n) is 9.77. The topological polar surface area (TPSA) is 12.5 Å². The fourth-order valence-electron chi connectivity index (χ4n) is 4.60. The highest BCUT2D eigenvalue weighted by atomic mass is 16.5. The zero-order valence-corrected chi connectivity index (χ0v) is 13.3. The van der Waals surface area contributed by atoms with Gasteiger partial charge in [-0.15, -0.1) is 0 Å². The third-order valence-corrected chi connectivity index (χ3v) is 5.71. The van der Waals surface area contributed by atoms with Crippen molar-refractivity contribution in [3.8, 4) is 5.75 Å². The summed E-state index contributed by atoms with van der Waals surface area (Å²) in [5.41, 5.74) is 2.95. The first kappa shape index (κ1) is 11.5. The van der Waals surface area contributed by atoms with Crippen LogP contribution in [0.3, 0.4) is 0 Å². The SMILES string of the molecule is [2H]C([2H])([2H])Oc1ccc2c(c1)[C@]1(CCN(C)C)CCCCC1CC2. The van der Waals surface area contributed by atoms with Crippen LogP contribution in [-0.2, 0) is 11.8 Å². The minimum Gasteiger partial charge on any atom is -0.497 e. The molecule has 1 aromatic rings. The minimum absolute atomic E-state index is 0.199. The normalized spacial score (nSPS) is 30.8. The van der Waals surface area contributed by atoms with Gasteiger partial charge in [0.1, 0.15) is 5.75 Å². The quantitative estimate of drug-likeness (QED) is 0.830. The van der Waals surface area contributed by atoms with Gasteiger partial charge in [0.25, 0.3) is 0 Å². The Kier molecular flexibility index (Phi) is 3.30. The molecule has 0 bridgehead atoms. The third kappa shape index (κ3) is 2.70. The van der Waals surface area contributed by atoms with Gasteiger partial charge >= 0.3 is 0 Å². The first-order chi connectivity index (χ1) is 11.3. The van der Waals surface area contributed by atoms with Gasteiger partial charge in [-0.25, -0.2) is 0 Å². The Morgan fingerprint density at radius 2 is 2.24 bits per heavy atom. The number of methoxy groups -OCH3 is 1. The molecule has 0 saturated heterocycles. The first-order valence-corrected chi connectivity index (χ1v) is 8.27. The van der Waals surface area contributed by atoms with E-state index in [1.165, 1.54) is 43.2 Å². The zero-order chi connectivity index (χ0) is 17.4.